The van der Waals surface area contributed by atoms with Crippen LogP contribution in [-0.4, -0.2) is 21.9 Å². The Balaban J connectivity index is 1.49. The lowest BCUT2D eigenvalue weighted by molar-refractivity contribution is 0.102. The predicted octanol–water partition coefficient (Wildman–Crippen LogP) is 4.95. The molecule has 0 radical (unpaired) electrons. The van der Waals surface area contributed by atoms with Crippen LogP contribution >= 0.6 is 11.8 Å². The SMILES string of the molecule is CCOc1ccc(C(=O)Nc2ccccc2SCc2cc(=O)n3ccc(C)cc3n2)cc1. The van der Waals surface area contributed by atoms with Gasteiger partial charge in [-0.1, -0.05) is 12.1 Å². The van der Waals surface area contributed by atoms with Gasteiger partial charge in [-0.2, -0.15) is 0 Å². The smallest absolute Gasteiger partial charge is 0.258 e. The van der Waals surface area contributed by atoms with Crippen LogP contribution in [0.25, 0.3) is 5.65 Å². The van der Waals surface area contributed by atoms with Crippen molar-refractivity contribution >= 4 is 29.0 Å². The molecule has 0 saturated heterocycles. The number of ether oxygens (including phenoxy) is 1. The third-order valence-corrected chi connectivity index (χ3v) is 5.92. The molecule has 2 aromatic carbocycles. The number of benzene rings is 2. The number of fused-ring (bicyclic) bond motifs is 1. The second-order valence-corrected chi connectivity index (χ2v) is 8.23. The summed E-state index contributed by atoms with van der Waals surface area (Å²) in [5.74, 6) is 1.04. The number of aryl methyl sites for hydroxylation is 1. The van der Waals surface area contributed by atoms with Crippen LogP contribution in [0.5, 0.6) is 5.75 Å². The second kappa shape index (κ2) is 9.70. The Labute approximate surface area is 190 Å². The molecule has 1 N–H and O–H groups in total. The molecule has 6 nitrogen and oxygen atoms in total. The van der Waals surface area contributed by atoms with Gasteiger partial charge in [0.15, 0.2) is 0 Å². The zero-order valence-corrected chi connectivity index (χ0v) is 18.7. The maximum Gasteiger partial charge on any atom is 0.258 e. The first kappa shape index (κ1) is 21.6. The van der Waals surface area contributed by atoms with Crippen LogP contribution < -0.4 is 15.6 Å². The van der Waals surface area contributed by atoms with E-state index in [9.17, 15) is 9.59 Å². The second-order valence-electron chi connectivity index (χ2n) is 7.21. The van der Waals surface area contributed by atoms with Crippen LogP contribution in [0.4, 0.5) is 5.69 Å². The summed E-state index contributed by atoms with van der Waals surface area (Å²) in [5.41, 5.74) is 3.52. The number of rotatable bonds is 7. The molecule has 0 aliphatic heterocycles. The molecule has 1 amide bonds. The minimum Gasteiger partial charge on any atom is -0.494 e. The van der Waals surface area contributed by atoms with Gasteiger partial charge in [-0.05, 0) is 67.9 Å². The maximum absolute atomic E-state index is 12.7. The van der Waals surface area contributed by atoms with Crippen molar-refractivity contribution in [1.29, 1.82) is 0 Å². The van der Waals surface area contributed by atoms with Gasteiger partial charge in [0.25, 0.3) is 11.5 Å². The molecule has 0 bridgehead atoms. The lowest BCUT2D eigenvalue weighted by atomic mass is 10.2. The molecule has 4 aromatic rings. The van der Waals surface area contributed by atoms with Crippen molar-refractivity contribution in [3.8, 4) is 5.75 Å². The normalized spacial score (nSPS) is 10.8. The molecular formula is C25H23N3O3S. The van der Waals surface area contributed by atoms with Gasteiger partial charge in [0, 0.05) is 28.5 Å². The molecule has 0 atom stereocenters. The van der Waals surface area contributed by atoms with Crippen molar-refractivity contribution < 1.29 is 9.53 Å². The van der Waals surface area contributed by atoms with Gasteiger partial charge in [-0.15, -0.1) is 11.8 Å². The number of carbonyl (C=O) groups is 1. The van der Waals surface area contributed by atoms with Gasteiger partial charge in [0.2, 0.25) is 0 Å². The van der Waals surface area contributed by atoms with Crippen molar-refractivity contribution in [3.05, 3.63) is 100 Å². The number of nitrogens with zero attached hydrogens (tertiary/aromatic N) is 2. The number of anilines is 1. The van der Waals surface area contributed by atoms with E-state index in [1.54, 1.807) is 36.5 Å². The van der Waals surface area contributed by atoms with Crippen LogP contribution in [0.1, 0.15) is 28.5 Å². The van der Waals surface area contributed by atoms with Crippen molar-refractivity contribution in [3.63, 3.8) is 0 Å². The highest BCUT2D eigenvalue weighted by Crippen LogP contribution is 2.29. The van der Waals surface area contributed by atoms with E-state index in [1.807, 2.05) is 50.2 Å². The van der Waals surface area contributed by atoms with E-state index in [0.717, 1.165) is 16.2 Å². The standard InChI is InChI=1S/C25H23N3O3S/c1-3-31-20-10-8-18(9-11-20)25(30)27-21-6-4-5-7-22(21)32-16-19-15-24(29)28-13-12-17(2)14-23(28)26-19/h4-15H,3,16H2,1-2H3,(H,27,30). The number of carbonyl (C=O) groups excluding carboxylic acids is 1. The summed E-state index contributed by atoms with van der Waals surface area (Å²) < 4.78 is 6.96. The minimum absolute atomic E-state index is 0.109. The fourth-order valence-electron chi connectivity index (χ4n) is 3.24. The molecule has 32 heavy (non-hydrogen) atoms. The average Bonchev–Trinajstić information content (AvgIpc) is 2.79. The van der Waals surface area contributed by atoms with Gasteiger partial charge < -0.3 is 10.1 Å². The first-order valence-corrected chi connectivity index (χ1v) is 11.3. The summed E-state index contributed by atoms with van der Waals surface area (Å²) in [6, 6.07) is 20.0. The van der Waals surface area contributed by atoms with E-state index < -0.39 is 0 Å². The number of aromatic nitrogens is 2. The quantitative estimate of drug-likeness (QED) is 0.408. The number of thioether (sulfide) groups is 1. The maximum atomic E-state index is 12.7. The molecule has 162 valence electrons. The zero-order valence-electron chi connectivity index (χ0n) is 17.9. The molecule has 2 heterocycles. The fraction of sp³-hybridized carbons (Fsp3) is 0.160. The third kappa shape index (κ3) is 5.00. The Hall–Kier alpha value is -3.58. The molecule has 7 heteroatoms. The zero-order chi connectivity index (χ0) is 22.5. The van der Waals surface area contributed by atoms with Gasteiger partial charge in [-0.25, -0.2) is 4.98 Å². The first-order chi connectivity index (χ1) is 15.5. The first-order valence-electron chi connectivity index (χ1n) is 10.3. The molecule has 0 saturated carbocycles. The number of pyridine rings is 1. The molecule has 4 rings (SSSR count). The van der Waals surface area contributed by atoms with E-state index >= 15 is 0 Å². The van der Waals surface area contributed by atoms with Gasteiger partial charge in [0.05, 0.1) is 18.0 Å². The molecule has 0 unspecified atom stereocenters. The number of para-hydroxylation sites is 1. The molecular weight excluding hydrogens is 422 g/mol. The van der Waals surface area contributed by atoms with E-state index in [-0.39, 0.29) is 11.5 Å². The summed E-state index contributed by atoms with van der Waals surface area (Å²) in [6.07, 6.45) is 1.74. The highest BCUT2D eigenvalue weighted by molar-refractivity contribution is 7.98. The Morgan fingerprint density at radius 1 is 1.09 bits per heavy atom. The lowest BCUT2D eigenvalue weighted by Gasteiger charge is -2.11. The minimum atomic E-state index is -0.196. The van der Waals surface area contributed by atoms with Crippen LogP contribution in [0.3, 0.4) is 0 Å². The largest absolute Gasteiger partial charge is 0.494 e. The van der Waals surface area contributed by atoms with Crippen LogP contribution in [0.2, 0.25) is 0 Å². The van der Waals surface area contributed by atoms with Gasteiger partial charge >= 0.3 is 0 Å². The number of hydrogen-bond acceptors (Lipinski definition) is 5. The van der Waals surface area contributed by atoms with Crippen molar-refractivity contribution in [1.82, 2.24) is 9.38 Å². The van der Waals surface area contributed by atoms with Crippen molar-refractivity contribution in [2.75, 3.05) is 11.9 Å². The molecule has 0 fully saturated rings. The van der Waals surface area contributed by atoms with E-state index in [2.05, 4.69) is 10.3 Å². The van der Waals surface area contributed by atoms with Gasteiger partial charge in [-0.3, -0.25) is 14.0 Å². The molecule has 0 aliphatic carbocycles. The molecule has 2 aromatic heterocycles. The summed E-state index contributed by atoms with van der Waals surface area (Å²) in [5, 5.41) is 2.98. The predicted molar refractivity (Wildman–Crippen MR) is 128 cm³/mol. The Kier molecular flexibility index (Phi) is 6.56. The Morgan fingerprint density at radius 3 is 2.66 bits per heavy atom. The number of nitrogens with one attached hydrogen (secondary N) is 1. The van der Waals surface area contributed by atoms with Crippen LogP contribution in [-0.2, 0) is 5.75 Å². The third-order valence-electron chi connectivity index (χ3n) is 4.81. The summed E-state index contributed by atoms with van der Waals surface area (Å²) in [7, 11) is 0. The van der Waals surface area contributed by atoms with Gasteiger partial charge in [0.1, 0.15) is 11.4 Å². The monoisotopic (exact) mass is 445 g/mol. The lowest BCUT2D eigenvalue weighted by Crippen LogP contribution is -2.15. The van der Waals surface area contributed by atoms with Crippen LogP contribution in [0.15, 0.2) is 82.6 Å². The molecule has 0 aliphatic rings. The summed E-state index contributed by atoms with van der Waals surface area (Å²) in [6.45, 7) is 4.46. The van der Waals surface area contributed by atoms with Crippen molar-refractivity contribution in [2.24, 2.45) is 0 Å². The highest BCUT2D eigenvalue weighted by Gasteiger charge is 2.11. The number of hydrogen-bond donors (Lipinski definition) is 1. The van der Waals surface area contributed by atoms with E-state index in [1.165, 1.54) is 16.2 Å². The van der Waals surface area contributed by atoms with E-state index in [0.29, 0.717) is 35.0 Å². The number of amides is 1. The van der Waals surface area contributed by atoms with Crippen molar-refractivity contribution in [2.45, 2.75) is 24.5 Å². The fourth-order valence-corrected chi connectivity index (χ4v) is 4.14. The average molecular weight is 446 g/mol. The summed E-state index contributed by atoms with van der Waals surface area (Å²) in [4.78, 5) is 30.6. The molecule has 0 spiro atoms. The Morgan fingerprint density at radius 2 is 1.88 bits per heavy atom. The topological polar surface area (TPSA) is 72.7 Å². The summed E-state index contributed by atoms with van der Waals surface area (Å²) >= 11 is 1.52. The Bertz CT molecular complexity index is 1320. The van der Waals surface area contributed by atoms with E-state index in [4.69, 9.17) is 4.74 Å². The van der Waals surface area contributed by atoms with Crippen LogP contribution in [0, 0.1) is 6.92 Å². The highest BCUT2D eigenvalue weighted by atomic mass is 32.2.